The second-order valence-corrected chi connectivity index (χ2v) is 5.54. The highest BCUT2D eigenvalue weighted by molar-refractivity contribution is 5.34. The molecule has 2 N–H and O–H groups in total. The summed E-state index contributed by atoms with van der Waals surface area (Å²) in [7, 11) is 2.04. The van der Waals surface area contributed by atoms with E-state index in [4.69, 9.17) is 0 Å². The summed E-state index contributed by atoms with van der Waals surface area (Å²) in [6, 6.07) is 15.4. The lowest BCUT2D eigenvalue weighted by molar-refractivity contribution is -0.0419. The lowest BCUT2D eigenvalue weighted by Crippen LogP contribution is -2.61. The van der Waals surface area contributed by atoms with E-state index in [2.05, 4.69) is 15.2 Å². The highest BCUT2D eigenvalue weighted by Crippen LogP contribution is 2.33. The second-order valence-electron chi connectivity index (χ2n) is 5.54. The minimum atomic E-state index is -1.17. The monoisotopic (exact) mass is 283 g/mol. The van der Waals surface area contributed by atoms with Crippen molar-refractivity contribution in [2.75, 3.05) is 20.1 Å². The van der Waals surface area contributed by atoms with Crippen LogP contribution in [0.25, 0.3) is 0 Å². The summed E-state index contributed by atoms with van der Waals surface area (Å²) in [5, 5.41) is 15.0. The molecule has 1 aliphatic heterocycles. The van der Waals surface area contributed by atoms with Crippen LogP contribution in [0.2, 0.25) is 0 Å². The van der Waals surface area contributed by atoms with Gasteiger partial charge in [-0.3, -0.25) is 15.2 Å². The van der Waals surface area contributed by atoms with Crippen molar-refractivity contribution >= 4 is 0 Å². The summed E-state index contributed by atoms with van der Waals surface area (Å²) in [5.74, 6) is 0. The summed E-state index contributed by atoms with van der Waals surface area (Å²) < 4.78 is 0. The van der Waals surface area contributed by atoms with E-state index in [0.29, 0.717) is 5.69 Å². The molecule has 2 heterocycles. The van der Waals surface area contributed by atoms with E-state index in [1.54, 1.807) is 6.20 Å². The molecule has 1 aromatic carbocycles. The van der Waals surface area contributed by atoms with Gasteiger partial charge in [-0.1, -0.05) is 36.4 Å². The maximum absolute atomic E-state index is 11.6. The molecule has 1 aliphatic rings. The van der Waals surface area contributed by atoms with Gasteiger partial charge in [-0.05, 0) is 37.7 Å². The molecule has 110 valence electrons. The topological polar surface area (TPSA) is 48.4 Å². The van der Waals surface area contributed by atoms with Crippen molar-refractivity contribution in [2.45, 2.75) is 18.2 Å². The van der Waals surface area contributed by atoms with Crippen LogP contribution in [-0.4, -0.2) is 41.3 Å². The Morgan fingerprint density at radius 3 is 2.62 bits per heavy atom. The Balaban J connectivity index is 2.11. The van der Waals surface area contributed by atoms with E-state index < -0.39 is 5.60 Å². The van der Waals surface area contributed by atoms with Crippen LogP contribution in [0.1, 0.15) is 17.7 Å². The van der Waals surface area contributed by atoms with Gasteiger partial charge in [0, 0.05) is 12.7 Å². The molecule has 2 unspecified atom stereocenters. The molecule has 1 aromatic heterocycles. The molecular weight excluding hydrogens is 262 g/mol. The lowest BCUT2D eigenvalue weighted by atomic mass is 9.85. The molecule has 2 aromatic rings. The first-order valence-corrected chi connectivity index (χ1v) is 7.36. The number of benzene rings is 1. The van der Waals surface area contributed by atoms with E-state index in [9.17, 15) is 5.11 Å². The first-order valence-electron chi connectivity index (χ1n) is 7.36. The van der Waals surface area contributed by atoms with Crippen LogP contribution in [0.4, 0.5) is 0 Å². The predicted molar refractivity (Wildman–Crippen MR) is 82.7 cm³/mol. The summed E-state index contributed by atoms with van der Waals surface area (Å²) in [6.45, 7) is 1.86. The highest BCUT2D eigenvalue weighted by atomic mass is 16.3. The highest BCUT2D eigenvalue weighted by Gasteiger charge is 2.44. The van der Waals surface area contributed by atoms with E-state index in [0.717, 1.165) is 25.1 Å². The number of aromatic nitrogens is 1. The molecule has 1 fully saturated rings. The van der Waals surface area contributed by atoms with E-state index in [1.807, 2.05) is 55.6 Å². The first kappa shape index (κ1) is 14.2. The second kappa shape index (κ2) is 5.93. The minimum Gasteiger partial charge on any atom is -0.376 e. The van der Waals surface area contributed by atoms with Crippen LogP contribution in [0.15, 0.2) is 54.7 Å². The average Bonchev–Trinajstić information content (AvgIpc) is 2.56. The molecule has 0 aliphatic carbocycles. The molecule has 1 saturated heterocycles. The molecule has 0 bridgehead atoms. The lowest BCUT2D eigenvalue weighted by Gasteiger charge is -2.44. The Hall–Kier alpha value is -1.75. The fourth-order valence-electron chi connectivity index (χ4n) is 3.05. The normalized spacial score (nSPS) is 22.7. The Labute approximate surface area is 125 Å². The van der Waals surface area contributed by atoms with Gasteiger partial charge in [-0.25, -0.2) is 0 Å². The number of rotatable bonds is 3. The summed E-state index contributed by atoms with van der Waals surface area (Å²) in [6.07, 6.45) is 2.62. The van der Waals surface area contributed by atoms with Crippen LogP contribution < -0.4 is 5.32 Å². The quantitative estimate of drug-likeness (QED) is 0.898. The summed E-state index contributed by atoms with van der Waals surface area (Å²) in [4.78, 5) is 6.58. The Morgan fingerprint density at radius 1 is 1.19 bits per heavy atom. The molecule has 0 radical (unpaired) electrons. The van der Waals surface area contributed by atoms with Crippen LogP contribution in [0, 0.1) is 0 Å². The zero-order valence-electron chi connectivity index (χ0n) is 12.2. The third-order valence-electron chi connectivity index (χ3n) is 4.13. The van der Waals surface area contributed by atoms with Gasteiger partial charge in [0.2, 0.25) is 0 Å². The van der Waals surface area contributed by atoms with Crippen LogP contribution >= 0.6 is 0 Å². The smallest absolute Gasteiger partial charge is 0.160 e. The standard InChI is InChI=1S/C17H21N3O/c1-20-13-7-12-19-16(20)17(21,14-8-3-2-4-9-14)15-10-5-6-11-18-15/h2-6,8-11,16,19,21H,7,12-13H2,1H3. The predicted octanol–water partition coefficient (Wildman–Crippen LogP) is 1.57. The third-order valence-corrected chi connectivity index (χ3v) is 4.13. The zero-order chi connectivity index (χ0) is 14.7. The number of nitrogens with one attached hydrogen (secondary N) is 1. The van der Waals surface area contributed by atoms with Crippen molar-refractivity contribution in [1.82, 2.24) is 15.2 Å². The van der Waals surface area contributed by atoms with E-state index in [1.165, 1.54) is 0 Å². The van der Waals surface area contributed by atoms with Crippen molar-refractivity contribution in [3.63, 3.8) is 0 Å². The number of nitrogens with zero attached hydrogens (tertiary/aromatic N) is 2. The van der Waals surface area contributed by atoms with Crippen molar-refractivity contribution < 1.29 is 5.11 Å². The van der Waals surface area contributed by atoms with Gasteiger partial charge in [0.25, 0.3) is 0 Å². The fraction of sp³-hybridized carbons (Fsp3) is 0.353. The van der Waals surface area contributed by atoms with Crippen molar-refractivity contribution in [1.29, 1.82) is 0 Å². The van der Waals surface area contributed by atoms with E-state index in [-0.39, 0.29) is 6.17 Å². The largest absolute Gasteiger partial charge is 0.376 e. The molecule has 4 nitrogen and oxygen atoms in total. The van der Waals surface area contributed by atoms with E-state index >= 15 is 0 Å². The van der Waals surface area contributed by atoms with Crippen LogP contribution in [0.5, 0.6) is 0 Å². The van der Waals surface area contributed by atoms with Gasteiger partial charge in [0.15, 0.2) is 5.60 Å². The van der Waals surface area contributed by atoms with Gasteiger partial charge in [-0.15, -0.1) is 0 Å². The molecular formula is C17H21N3O. The Kier molecular flexibility index (Phi) is 4.01. The van der Waals surface area contributed by atoms with Crippen molar-refractivity contribution in [3.05, 3.63) is 66.0 Å². The van der Waals surface area contributed by atoms with Gasteiger partial charge in [0.05, 0.1) is 11.9 Å². The van der Waals surface area contributed by atoms with Crippen molar-refractivity contribution in [3.8, 4) is 0 Å². The maximum atomic E-state index is 11.6. The minimum absolute atomic E-state index is 0.191. The number of aliphatic hydroxyl groups is 1. The van der Waals surface area contributed by atoms with Gasteiger partial charge in [0.1, 0.15) is 0 Å². The molecule has 2 atom stereocenters. The number of likely N-dealkylation sites (N-methyl/N-ethyl adjacent to an activating group) is 1. The summed E-state index contributed by atoms with van der Waals surface area (Å²) in [5.41, 5.74) is 0.356. The number of pyridine rings is 1. The number of hydrogen-bond acceptors (Lipinski definition) is 4. The van der Waals surface area contributed by atoms with Crippen molar-refractivity contribution in [2.24, 2.45) is 0 Å². The Morgan fingerprint density at radius 2 is 1.95 bits per heavy atom. The molecule has 21 heavy (non-hydrogen) atoms. The first-order chi connectivity index (χ1) is 10.2. The average molecular weight is 283 g/mol. The third kappa shape index (κ3) is 2.58. The SMILES string of the molecule is CN1CCCNC1C(O)(c1ccccc1)c1ccccn1. The zero-order valence-corrected chi connectivity index (χ0v) is 12.2. The molecule has 3 rings (SSSR count). The van der Waals surface area contributed by atoms with Crippen LogP contribution in [-0.2, 0) is 5.60 Å². The number of hydrogen-bond donors (Lipinski definition) is 2. The van der Waals surface area contributed by atoms with Gasteiger partial charge >= 0.3 is 0 Å². The molecule has 0 amide bonds. The molecule has 0 spiro atoms. The maximum Gasteiger partial charge on any atom is 0.160 e. The Bertz CT molecular complexity index is 534. The van der Waals surface area contributed by atoms with Gasteiger partial charge < -0.3 is 5.11 Å². The molecule has 4 heteroatoms. The summed E-state index contributed by atoms with van der Waals surface area (Å²) >= 11 is 0. The van der Waals surface area contributed by atoms with Crippen LogP contribution in [0.3, 0.4) is 0 Å². The van der Waals surface area contributed by atoms with Gasteiger partial charge in [-0.2, -0.15) is 0 Å². The molecule has 0 saturated carbocycles. The fourth-order valence-corrected chi connectivity index (χ4v) is 3.05.